The van der Waals surface area contributed by atoms with Crippen molar-refractivity contribution in [3.05, 3.63) is 28.7 Å². The third kappa shape index (κ3) is 3.17. The van der Waals surface area contributed by atoms with Gasteiger partial charge in [0.1, 0.15) is 5.54 Å². The second-order valence-corrected chi connectivity index (χ2v) is 6.49. The number of ether oxygens (including phenoxy) is 1. The van der Waals surface area contributed by atoms with Crippen LogP contribution in [0.15, 0.2) is 28.7 Å². The molecule has 1 fully saturated rings. The summed E-state index contributed by atoms with van der Waals surface area (Å²) in [5.41, 5.74) is 0.268. The maximum Gasteiger partial charge on any atom is 0.331 e. The molecule has 20 heavy (non-hydrogen) atoms. The second-order valence-electron chi connectivity index (χ2n) is 5.63. The van der Waals surface area contributed by atoms with Crippen molar-refractivity contribution in [2.24, 2.45) is 5.92 Å². The van der Waals surface area contributed by atoms with Crippen LogP contribution >= 0.6 is 15.9 Å². The second kappa shape index (κ2) is 6.61. The highest BCUT2D eigenvalue weighted by atomic mass is 79.9. The van der Waals surface area contributed by atoms with Crippen LogP contribution in [0.1, 0.15) is 39.0 Å². The molecule has 110 valence electrons. The molecule has 1 N–H and O–H groups in total. The molecule has 4 heteroatoms. The summed E-state index contributed by atoms with van der Waals surface area (Å²) in [5, 5.41) is 3.42. The first-order valence-electron chi connectivity index (χ1n) is 7.19. The van der Waals surface area contributed by atoms with Gasteiger partial charge in [-0.05, 0) is 53.7 Å². The Labute approximate surface area is 129 Å². The molecular weight excluding hydrogens is 318 g/mol. The third-order valence-electron chi connectivity index (χ3n) is 4.30. The third-order valence-corrected chi connectivity index (χ3v) is 4.99. The number of rotatable bonds is 4. The summed E-state index contributed by atoms with van der Waals surface area (Å²) >= 11 is 3.53. The van der Waals surface area contributed by atoms with Crippen LogP contribution in [0.2, 0.25) is 0 Å². The van der Waals surface area contributed by atoms with E-state index in [0.29, 0.717) is 5.92 Å². The van der Waals surface area contributed by atoms with Gasteiger partial charge in [0, 0.05) is 10.2 Å². The SMILES string of the molecule is COC(=O)C(C)(Nc1ccccc1Br)C1CCCCC1. The van der Waals surface area contributed by atoms with Crippen molar-refractivity contribution >= 4 is 27.6 Å². The Balaban J connectivity index is 2.27. The smallest absolute Gasteiger partial charge is 0.331 e. The van der Waals surface area contributed by atoms with Gasteiger partial charge in [0.2, 0.25) is 0 Å². The van der Waals surface area contributed by atoms with Crippen LogP contribution in [0.25, 0.3) is 0 Å². The Hall–Kier alpha value is -1.03. The number of benzene rings is 1. The minimum Gasteiger partial charge on any atom is -0.467 e. The number of hydrogen-bond donors (Lipinski definition) is 1. The van der Waals surface area contributed by atoms with E-state index in [1.807, 2.05) is 31.2 Å². The molecule has 0 amide bonds. The van der Waals surface area contributed by atoms with Gasteiger partial charge < -0.3 is 10.1 Å². The minimum absolute atomic E-state index is 0.180. The van der Waals surface area contributed by atoms with E-state index in [-0.39, 0.29) is 5.97 Å². The van der Waals surface area contributed by atoms with Crippen molar-refractivity contribution in [3.8, 4) is 0 Å². The summed E-state index contributed by atoms with van der Waals surface area (Å²) in [6.07, 6.45) is 5.79. The summed E-state index contributed by atoms with van der Waals surface area (Å²) < 4.78 is 6.03. The Kier molecular flexibility index (Phi) is 5.08. The first kappa shape index (κ1) is 15.4. The Morgan fingerprint density at radius 3 is 2.55 bits per heavy atom. The molecule has 1 aromatic rings. The van der Waals surface area contributed by atoms with Crippen molar-refractivity contribution in [2.75, 3.05) is 12.4 Å². The minimum atomic E-state index is -0.668. The zero-order valence-electron chi connectivity index (χ0n) is 12.1. The fourth-order valence-electron chi connectivity index (χ4n) is 3.05. The van der Waals surface area contributed by atoms with Gasteiger partial charge >= 0.3 is 5.97 Å². The number of carbonyl (C=O) groups is 1. The van der Waals surface area contributed by atoms with Crippen LogP contribution < -0.4 is 5.32 Å². The lowest BCUT2D eigenvalue weighted by Gasteiger charge is -2.39. The maximum atomic E-state index is 12.3. The largest absolute Gasteiger partial charge is 0.467 e. The molecule has 1 unspecified atom stereocenters. The van der Waals surface area contributed by atoms with Gasteiger partial charge in [0.05, 0.1) is 7.11 Å². The molecule has 1 atom stereocenters. The van der Waals surface area contributed by atoms with Gasteiger partial charge in [-0.2, -0.15) is 0 Å². The van der Waals surface area contributed by atoms with Crippen LogP contribution in [-0.4, -0.2) is 18.6 Å². The van der Waals surface area contributed by atoms with Crippen molar-refractivity contribution in [3.63, 3.8) is 0 Å². The van der Waals surface area contributed by atoms with Crippen LogP contribution in [0.5, 0.6) is 0 Å². The van der Waals surface area contributed by atoms with E-state index in [4.69, 9.17) is 4.74 Å². The summed E-state index contributed by atoms with van der Waals surface area (Å²) in [6, 6.07) is 7.88. The van der Waals surface area contributed by atoms with Gasteiger partial charge in [0.15, 0.2) is 0 Å². The van der Waals surface area contributed by atoms with Crippen LogP contribution in [0, 0.1) is 5.92 Å². The van der Waals surface area contributed by atoms with E-state index in [2.05, 4.69) is 21.2 Å². The van der Waals surface area contributed by atoms with E-state index in [1.54, 1.807) is 0 Å². The number of esters is 1. The van der Waals surface area contributed by atoms with Gasteiger partial charge in [-0.25, -0.2) is 4.79 Å². The van der Waals surface area contributed by atoms with Gasteiger partial charge in [-0.15, -0.1) is 0 Å². The average Bonchev–Trinajstić information content (AvgIpc) is 2.49. The summed E-state index contributed by atoms with van der Waals surface area (Å²) in [6.45, 7) is 1.97. The van der Waals surface area contributed by atoms with Crippen LogP contribution in [0.4, 0.5) is 5.69 Å². The zero-order valence-corrected chi connectivity index (χ0v) is 13.7. The van der Waals surface area contributed by atoms with Crippen LogP contribution in [0.3, 0.4) is 0 Å². The first-order chi connectivity index (χ1) is 9.58. The Morgan fingerprint density at radius 1 is 1.30 bits per heavy atom. The molecule has 0 spiro atoms. The number of nitrogens with one attached hydrogen (secondary N) is 1. The highest BCUT2D eigenvalue weighted by Crippen LogP contribution is 2.37. The van der Waals surface area contributed by atoms with Gasteiger partial charge in [-0.3, -0.25) is 0 Å². The molecule has 2 rings (SSSR count). The highest BCUT2D eigenvalue weighted by molar-refractivity contribution is 9.10. The molecule has 0 bridgehead atoms. The zero-order chi connectivity index (χ0) is 14.6. The van der Waals surface area contributed by atoms with E-state index >= 15 is 0 Å². The number of hydrogen-bond acceptors (Lipinski definition) is 3. The lowest BCUT2D eigenvalue weighted by Crippen LogP contribution is -2.51. The standard InChI is InChI=1S/C16H22BrNO2/c1-16(15(19)20-2,12-8-4-3-5-9-12)18-14-11-7-6-10-13(14)17/h6-7,10-12,18H,3-5,8-9H2,1-2H3. The van der Waals surface area contributed by atoms with E-state index in [9.17, 15) is 4.79 Å². The molecular formula is C16H22BrNO2. The van der Waals surface area contributed by atoms with Crippen molar-refractivity contribution in [1.29, 1.82) is 0 Å². The number of anilines is 1. The fourth-order valence-corrected chi connectivity index (χ4v) is 3.44. The van der Waals surface area contributed by atoms with E-state index in [0.717, 1.165) is 23.0 Å². The predicted molar refractivity (Wildman–Crippen MR) is 84.8 cm³/mol. The van der Waals surface area contributed by atoms with Gasteiger partial charge in [0.25, 0.3) is 0 Å². The van der Waals surface area contributed by atoms with Crippen molar-refractivity contribution in [1.82, 2.24) is 0 Å². The number of methoxy groups -OCH3 is 1. The lowest BCUT2D eigenvalue weighted by molar-refractivity contribution is -0.147. The molecule has 0 aromatic heterocycles. The summed E-state index contributed by atoms with van der Waals surface area (Å²) in [5.74, 6) is 0.135. The fraction of sp³-hybridized carbons (Fsp3) is 0.562. The molecule has 1 saturated carbocycles. The molecule has 3 nitrogen and oxygen atoms in total. The monoisotopic (exact) mass is 339 g/mol. The topological polar surface area (TPSA) is 38.3 Å². The number of carbonyl (C=O) groups excluding carboxylic acids is 1. The molecule has 1 aliphatic rings. The van der Waals surface area contributed by atoms with E-state index in [1.165, 1.54) is 26.4 Å². The summed E-state index contributed by atoms with van der Waals surface area (Å²) in [4.78, 5) is 12.3. The summed E-state index contributed by atoms with van der Waals surface area (Å²) in [7, 11) is 1.46. The molecule has 0 heterocycles. The normalized spacial score (nSPS) is 19.1. The quantitative estimate of drug-likeness (QED) is 0.827. The Bertz CT molecular complexity index is 471. The molecule has 0 aliphatic heterocycles. The lowest BCUT2D eigenvalue weighted by atomic mass is 9.75. The maximum absolute atomic E-state index is 12.3. The molecule has 1 aromatic carbocycles. The van der Waals surface area contributed by atoms with Crippen molar-refractivity contribution < 1.29 is 9.53 Å². The first-order valence-corrected chi connectivity index (χ1v) is 7.98. The molecule has 0 radical (unpaired) electrons. The van der Waals surface area contributed by atoms with Crippen molar-refractivity contribution in [2.45, 2.75) is 44.6 Å². The number of halogens is 1. The van der Waals surface area contributed by atoms with Gasteiger partial charge in [-0.1, -0.05) is 31.4 Å². The molecule has 1 aliphatic carbocycles. The average molecular weight is 340 g/mol. The predicted octanol–water partition coefficient (Wildman–Crippen LogP) is 4.37. The number of para-hydroxylation sites is 1. The Morgan fingerprint density at radius 2 is 1.95 bits per heavy atom. The van der Waals surface area contributed by atoms with Crippen LogP contribution in [-0.2, 0) is 9.53 Å². The highest BCUT2D eigenvalue weighted by Gasteiger charge is 2.42. The van der Waals surface area contributed by atoms with E-state index < -0.39 is 5.54 Å². The molecule has 0 saturated heterocycles.